The Bertz CT molecular complexity index is 1080. The molecule has 0 unspecified atom stereocenters. The van der Waals surface area contributed by atoms with Crippen molar-refractivity contribution >= 4 is 23.4 Å². The van der Waals surface area contributed by atoms with E-state index in [1.807, 2.05) is 18.2 Å². The fraction of sp³-hybridized carbons (Fsp3) is 0.217. The van der Waals surface area contributed by atoms with E-state index in [9.17, 15) is 9.59 Å². The van der Waals surface area contributed by atoms with Crippen molar-refractivity contribution in [3.63, 3.8) is 0 Å². The second kappa shape index (κ2) is 9.14. The van der Waals surface area contributed by atoms with Gasteiger partial charge in [0, 0.05) is 24.7 Å². The molecule has 0 saturated heterocycles. The maximum atomic E-state index is 13.4. The molecule has 0 aliphatic carbocycles. The van der Waals surface area contributed by atoms with Gasteiger partial charge in [-0.3, -0.25) is 9.59 Å². The second-order valence-electron chi connectivity index (χ2n) is 7.00. The molecule has 2 amide bonds. The van der Waals surface area contributed by atoms with Crippen LogP contribution >= 0.6 is 11.6 Å². The average Bonchev–Trinajstić information content (AvgIpc) is 3.31. The summed E-state index contributed by atoms with van der Waals surface area (Å²) in [6.07, 6.45) is 1.57. The molecule has 3 aromatic rings. The molecular formula is C23H21ClN2O5. The third-order valence-corrected chi connectivity index (χ3v) is 5.16. The van der Waals surface area contributed by atoms with E-state index in [2.05, 4.69) is 5.32 Å². The van der Waals surface area contributed by atoms with Gasteiger partial charge >= 0.3 is 0 Å². The molecule has 1 aliphatic heterocycles. The topological polar surface area (TPSA) is 81.0 Å². The van der Waals surface area contributed by atoms with Gasteiger partial charge in [0.15, 0.2) is 11.5 Å². The number of ether oxygens (including phenoxy) is 2. The highest BCUT2D eigenvalue weighted by Crippen LogP contribution is 2.38. The van der Waals surface area contributed by atoms with Crippen LogP contribution in [0.4, 0.5) is 0 Å². The minimum absolute atomic E-state index is 0.166. The molecule has 0 fully saturated rings. The largest absolute Gasteiger partial charge is 0.486 e. The van der Waals surface area contributed by atoms with Crippen LogP contribution in [0.1, 0.15) is 32.0 Å². The first-order valence-corrected chi connectivity index (χ1v) is 10.1. The fourth-order valence-electron chi connectivity index (χ4n) is 3.33. The van der Waals surface area contributed by atoms with Crippen LogP contribution in [0.15, 0.2) is 59.2 Å². The molecule has 0 bridgehead atoms. The zero-order valence-corrected chi connectivity index (χ0v) is 17.6. The molecule has 4 rings (SSSR count). The number of carbonyl (C=O) groups excluding carboxylic acids is 2. The van der Waals surface area contributed by atoms with Crippen LogP contribution in [0.2, 0.25) is 5.02 Å². The normalized spacial score (nSPS) is 12.3. The van der Waals surface area contributed by atoms with Crippen molar-refractivity contribution in [3.8, 4) is 11.5 Å². The molecule has 1 aliphatic rings. The van der Waals surface area contributed by atoms with Crippen molar-refractivity contribution in [2.75, 3.05) is 20.3 Å². The summed E-state index contributed by atoms with van der Waals surface area (Å²) in [5.74, 6) is 1.16. The SMILES string of the molecule is CNC(=O)c1ccc(CN(Cc2ccco2)C(=O)c2cc(Cl)c3c(c2)OCCO3)cc1. The van der Waals surface area contributed by atoms with Crippen molar-refractivity contribution in [2.45, 2.75) is 13.1 Å². The predicted octanol–water partition coefficient (Wildman–Crippen LogP) is 3.91. The number of carbonyl (C=O) groups is 2. The van der Waals surface area contributed by atoms with Crippen molar-refractivity contribution < 1.29 is 23.5 Å². The standard InChI is InChI=1S/C23H21ClN2O5/c1-25-22(27)16-6-4-15(5-7-16)13-26(14-18-3-2-8-29-18)23(28)17-11-19(24)21-20(12-17)30-9-10-31-21/h2-8,11-12H,9-10,13-14H2,1H3,(H,25,27). The van der Waals surface area contributed by atoms with Crippen LogP contribution in [0.25, 0.3) is 0 Å². The van der Waals surface area contributed by atoms with E-state index in [0.717, 1.165) is 5.56 Å². The Morgan fingerprint density at radius 2 is 1.81 bits per heavy atom. The van der Waals surface area contributed by atoms with E-state index in [0.29, 0.717) is 53.2 Å². The number of hydrogen-bond acceptors (Lipinski definition) is 5. The Morgan fingerprint density at radius 3 is 2.52 bits per heavy atom. The maximum absolute atomic E-state index is 13.4. The van der Waals surface area contributed by atoms with E-state index in [1.54, 1.807) is 48.5 Å². The summed E-state index contributed by atoms with van der Waals surface area (Å²) in [5.41, 5.74) is 1.81. The number of rotatable bonds is 6. The van der Waals surface area contributed by atoms with Gasteiger partial charge in [-0.1, -0.05) is 23.7 Å². The lowest BCUT2D eigenvalue weighted by atomic mass is 10.1. The molecule has 0 spiro atoms. The highest BCUT2D eigenvalue weighted by molar-refractivity contribution is 6.32. The quantitative estimate of drug-likeness (QED) is 0.628. The van der Waals surface area contributed by atoms with Crippen molar-refractivity contribution in [2.24, 2.45) is 0 Å². The average molecular weight is 441 g/mol. The van der Waals surface area contributed by atoms with Gasteiger partial charge in [0.05, 0.1) is 17.8 Å². The van der Waals surface area contributed by atoms with Gasteiger partial charge in [-0.05, 0) is 42.0 Å². The van der Waals surface area contributed by atoms with Crippen LogP contribution in [-0.4, -0.2) is 37.0 Å². The van der Waals surface area contributed by atoms with E-state index in [1.165, 1.54) is 0 Å². The summed E-state index contributed by atoms with van der Waals surface area (Å²) < 4.78 is 16.6. The second-order valence-corrected chi connectivity index (χ2v) is 7.41. The Hall–Kier alpha value is -3.45. The lowest BCUT2D eigenvalue weighted by Crippen LogP contribution is -2.30. The van der Waals surface area contributed by atoms with E-state index in [4.69, 9.17) is 25.5 Å². The van der Waals surface area contributed by atoms with E-state index < -0.39 is 0 Å². The van der Waals surface area contributed by atoms with Gasteiger partial charge in [-0.15, -0.1) is 0 Å². The maximum Gasteiger partial charge on any atom is 0.254 e. The molecule has 0 atom stereocenters. The lowest BCUT2D eigenvalue weighted by Gasteiger charge is -2.24. The Labute approximate surface area is 184 Å². The molecule has 31 heavy (non-hydrogen) atoms. The Kier molecular flexibility index (Phi) is 6.13. The number of nitrogens with zero attached hydrogens (tertiary/aromatic N) is 1. The Morgan fingerprint density at radius 1 is 1.03 bits per heavy atom. The van der Waals surface area contributed by atoms with Crippen LogP contribution in [0.3, 0.4) is 0 Å². The molecular weight excluding hydrogens is 420 g/mol. The highest BCUT2D eigenvalue weighted by atomic mass is 35.5. The summed E-state index contributed by atoms with van der Waals surface area (Å²) in [6.45, 7) is 1.40. The minimum Gasteiger partial charge on any atom is -0.486 e. The molecule has 1 aromatic heterocycles. The van der Waals surface area contributed by atoms with Crippen LogP contribution in [-0.2, 0) is 13.1 Å². The van der Waals surface area contributed by atoms with Crippen LogP contribution in [0, 0.1) is 0 Å². The van der Waals surface area contributed by atoms with Crippen LogP contribution in [0.5, 0.6) is 11.5 Å². The first-order chi connectivity index (χ1) is 15.0. The number of nitrogens with one attached hydrogen (secondary N) is 1. The number of furan rings is 1. The van der Waals surface area contributed by atoms with Crippen LogP contribution < -0.4 is 14.8 Å². The van der Waals surface area contributed by atoms with Gasteiger partial charge < -0.3 is 24.1 Å². The minimum atomic E-state index is -0.231. The zero-order valence-electron chi connectivity index (χ0n) is 16.9. The third kappa shape index (κ3) is 4.67. The lowest BCUT2D eigenvalue weighted by molar-refractivity contribution is 0.0716. The molecule has 0 saturated carbocycles. The summed E-state index contributed by atoms with van der Waals surface area (Å²) in [5, 5.41) is 2.92. The molecule has 0 radical (unpaired) electrons. The van der Waals surface area contributed by atoms with Gasteiger partial charge in [0.2, 0.25) is 0 Å². The van der Waals surface area contributed by atoms with Crippen molar-refractivity contribution in [3.05, 3.63) is 82.3 Å². The predicted molar refractivity (Wildman–Crippen MR) is 115 cm³/mol. The van der Waals surface area contributed by atoms with E-state index >= 15 is 0 Å². The number of fused-ring (bicyclic) bond motifs is 1. The molecule has 2 heterocycles. The summed E-state index contributed by atoms with van der Waals surface area (Å²) in [4.78, 5) is 26.8. The molecule has 8 heteroatoms. The van der Waals surface area contributed by atoms with E-state index in [-0.39, 0.29) is 18.4 Å². The molecule has 1 N–H and O–H groups in total. The van der Waals surface area contributed by atoms with Gasteiger partial charge in [0.1, 0.15) is 19.0 Å². The third-order valence-electron chi connectivity index (χ3n) is 4.87. The number of amides is 2. The molecule has 7 nitrogen and oxygen atoms in total. The number of halogens is 1. The smallest absolute Gasteiger partial charge is 0.254 e. The summed E-state index contributed by atoms with van der Waals surface area (Å²) >= 11 is 6.33. The van der Waals surface area contributed by atoms with Crippen molar-refractivity contribution in [1.29, 1.82) is 0 Å². The van der Waals surface area contributed by atoms with Gasteiger partial charge in [-0.2, -0.15) is 0 Å². The first kappa shape index (κ1) is 20.8. The summed E-state index contributed by atoms with van der Waals surface area (Å²) in [7, 11) is 1.58. The number of benzene rings is 2. The number of hydrogen-bond donors (Lipinski definition) is 1. The monoisotopic (exact) mass is 440 g/mol. The molecule has 160 valence electrons. The first-order valence-electron chi connectivity index (χ1n) is 9.77. The van der Waals surface area contributed by atoms with Crippen molar-refractivity contribution in [1.82, 2.24) is 10.2 Å². The fourth-order valence-corrected chi connectivity index (χ4v) is 3.60. The molecule has 2 aromatic carbocycles. The van der Waals surface area contributed by atoms with Gasteiger partial charge in [-0.25, -0.2) is 0 Å². The Balaban J connectivity index is 1.61. The highest BCUT2D eigenvalue weighted by Gasteiger charge is 2.23. The van der Waals surface area contributed by atoms with Gasteiger partial charge in [0.25, 0.3) is 11.8 Å². The summed E-state index contributed by atoms with van der Waals surface area (Å²) in [6, 6.07) is 13.9. The zero-order chi connectivity index (χ0) is 21.8.